The first-order valence-corrected chi connectivity index (χ1v) is 8.92. The van der Waals surface area contributed by atoms with Crippen LogP contribution in [0.3, 0.4) is 0 Å². The monoisotopic (exact) mass is 425 g/mol. The topological polar surface area (TPSA) is 104 Å². The molecule has 0 aliphatic carbocycles. The third kappa shape index (κ3) is 4.50. The van der Waals surface area contributed by atoms with Gasteiger partial charge in [0.1, 0.15) is 5.65 Å². The van der Waals surface area contributed by atoms with Crippen molar-refractivity contribution in [2.75, 3.05) is 5.32 Å². The van der Waals surface area contributed by atoms with Crippen LogP contribution in [0.15, 0.2) is 24.7 Å². The number of nitrogens with zero attached hydrogens (tertiary/aromatic N) is 3. The zero-order chi connectivity index (χ0) is 22.3. The van der Waals surface area contributed by atoms with Crippen molar-refractivity contribution in [3.63, 3.8) is 0 Å². The highest BCUT2D eigenvalue weighted by molar-refractivity contribution is 5.92. The fourth-order valence-electron chi connectivity index (χ4n) is 2.85. The molecule has 0 saturated carbocycles. The van der Waals surface area contributed by atoms with E-state index in [1.807, 2.05) is 0 Å². The fraction of sp³-hybridized carbons (Fsp3) is 0.368. The first-order chi connectivity index (χ1) is 13.9. The van der Waals surface area contributed by atoms with E-state index in [1.165, 1.54) is 6.20 Å². The third-order valence-electron chi connectivity index (χ3n) is 4.58. The first kappa shape index (κ1) is 21.5. The molecule has 0 amide bonds. The van der Waals surface area contributed by atoms with Gasteiger partial charge in [-0.2, -0.15) is 13.2 Å². The molecule has 0 aliphatic heterocycles. The van der Waals surface area contributed by atoms with Gasteiger partial charge in [-0.15, -0.1) is 0 Å². The van der Waals surface area contributed by atoms with E-state index in [-0.39, 0.29) is 34.7 Å². The molecule has 0 aromatic carbocycles. The van der Waals surface area contributed by atoms with Crippen molar-refractivity contribution < 1.29 is 27.5 Å². The smallest absolute Gasteiger partial charge is 0.417 e. The van der Waals surface area contributed by atoms with Crippen LogP contribution in [0.25, 0.3) is 22.4 Å². The summed E-state index contributed by atoms with van der Waals surface area (Å²) in [5.74, 6) is -2.16. The van der Waals surface area contributed by atoms with Gasteiger partial charge in [0.15, 0.2) is 17.5 Å². The molecule has 0 spiro atoms. The maximum Gasteiger partial charge on any atom is 0.417 e. The Morgan fingerprint density at radius 2 is 1.93 bits per heavy atom. The fourth-order valence-corrected chi connectivity index (χ4v) is 2.85. The molecule has 160 valence electrons. The SMILES string of the molecule is CC(C)(C)C(CC(=O)O)Nc1nc(-c2c[nH]c3ncc(C(F)(F)F)cc23)ncc1F. The Hall–Kier alpha value is -3.24. The highest BCUT2D eigenvalue weighted by atomic mass is 19.4. The Morgan fingerprint density at radius 1 is 1.23 bits per heavy atom. The Bertz CT molecular complexity index is 1090. The van der Waals surface area contributed by atoms with Gasteiger partial charge in [-0.1, -0.05) is 20.8 Å². The van der Waals surface area contributed by atoms with Gasteiger partial charge in [0.25, 0.3) is 0 Å². The molecule has 3 rings (SSSR count). The molecule has 0 aliphatic rings. The van der Waals surface area contributed by atoms with Gasteiger partial charge in [-0.25, -0.2) is 19.3 Å². The van der Waals surface area contributed by atoms with Gasteiger partial charge < -0.3 is 15.4 Å². The summed E-state index contributed by atoms with van der Waals surface area (Å²) in [6, 6.07) is 0.254. The number of halogens is 4. The molecule has 7 nitrogen and oxygen atoms in total. The molecule has 3 aromatic rings. The van der Waals surface area contributed by atoms with Crippen molar-refractivity contribution in [3.05, 3.63) is 36.0 Å². The summed E-state index contributed by atoms with van der Waals surface area (Å²) in [5.41, 5.74) is -1.08. The average Bonchev–Trinajstić information content (AvgIpc) is 3.04. The number of hydrogen-bond acceptors (Lipinski definition) is 5. The predicted octanol–water partition coefficient (Wildman–Crippen LogP) is 4.48. The number of aliphatic carboxylic acids is 1. The summed E-state index contributed by atoms with van der Waals surface area (Å²) >= 11 is 0. The lowest BCUT2D eigenvalue weighted by Gasteiger charge is -2.30. The number of carboxylic acids is 1. The summed E-state index contributed by atoms with van der Waals surface area (Å²) in [6.07, 6.45) is -1.89. The van der Waals surface area contributed by atoms with Crippen molar-refractivity contribution in [2.45, 2.75) is 39.4 Å². The van der Waals surface area contributed by atoms with Gasteiger partial charge in [0.05, 0.1) is 18.2 Å². The number of anilines is 1. The zero-order valence-corrected chi connectivity index (χ0v) is 16.3. The normalized spacial score (nSPS) is 13.4. The lowest BCUT2D eigenvalue weighted by molar-refractivity contribution is -0.138. The minimum atomic E-state index is -4.58. The van der Waals surface area contributed by atoms with Crippen LogP contribution in [0.1, 0.15) is 32.8 Å². The average molecular weight is 425 g/mol. The summed E-state index contributed by atoms with van der Waals surface area (Å²) < 4.78 is 53.5. The number of pyridine rings is 1. The van der Waals surface area contributed by atoms with E-state index in [4.69, 9.17) is 5.11 Å². The lowest BCUT2D eigenvalue weighted by atomic mass is 9.85. The largest absolute Gasteiger partial charge is 0.481 e. The number of rotatable bonds is 5. The molecule has 0 fully saturated rings. The molecule has 3 heterocycles. The molecule has 11 heteroatoms. The van der Waals surface area contributed by atoms with E-state index in [2.05, 4.69) is 25.3 Å². The first-order valence-electron chi connectivity index (χ1n) is 8.92. The molecule has 1 unspecified atom stereocenters. The van der Waals surface area contributed by atoms with Crippen LogP contribution in [0.5, 0.6) is 0 Å². The van der Waals surface area contributed by atoms with Gasteiger partial charge in [0.2, 0.25) is 0 Å². The van der Waals surface area contributed by atoms with Crippen LogP contribution >= 0.6 is 0 Å². The number of aromatic amines is 1. The second kappa shape index (κ2) is 7.54. The van der Waals surface area contributed by atoms with E-state index in [1.54, 1.807) is 20.8 Å². The van der Waals surface area contributed by atoms with Crippen molar-refractivity contribution >= 4 is 22.8 Å². The lowest BCUT2D eigenvalue weighted by Crippen LogP contribution is -2.36. The summed E-state index contributed by atoms with van der Waals surface area (Å²) in [4.78, 5) is 25.7. The molecule has 30 heavy (non-hydrogen) atoms. The zero-order valence-electron chi connectivity index (χ0n) is 16.3. The van der Waals surface area contributed by atoms with Crippen molar-refractivity contribution in [2.24, 2.45) is 5.41 Å². The molecule has 0 bridgehead atoms. The Kier molecular flexibility index (Phi) is 5.40. The standard InChI is InChI=1S/C19H19F4N5O2/c1-18(2,3)13(5-14(29)30)27-17-12(20)8-26-16(28-17)11-7-25-15-10(11)4-9(6-24-15)19(21,22)23/h4,6-8,13H,5H2,1-3H3,(H,24,25)(H,29,30)(H,26,27,28). The van der Waals surface area contributed by atoms with Crippen LogP contribution < -0.4 is 5.32 Å². The second-order valence-corrected chi connectivity index (χ2v) is 7.87. The van der Waals surface area contributed by atoms with E-state index < -0.39 is 35.0 Å². The van der Waals surface area contributed by atoms with Crippen LogP contribution in [0.4, 0.5) is 23.4 Å². The summed E-state index contributed by atoms with van der Waals surface area (Å²) in [6.45, 7) is 5.37. The van der Waals surface area contributed by atoms with Crippen LogP contribution in [0, 0.1) is 11.2 Å². The summed E-state index contributed by atoms with van der Waals surface area (Å²) in [5, 5.41) is 12.1. The Balaban J connectivity index is 2.04. The van der Waals surface area contributed by atoms with Crippen molar-refractivity contribution in [1.82, 2.24) is 19.9 Å². The Morgan fingerprint density at radius 3 is 2.53 bits per heavy atom. The van der Waals surface area contributed by atoms with Gasteiger partial charge in [-0.3, -0.25) is 4.79 Å². The number of fused-ring (bicyclic) bond motifs is 1. The van der Waals surface area contributed by atoms with Crippen molar-refractivity contribution in [1.29, 1.82) is 0 Å². The number of carbonyl (C=O) groups is 1. The van der Waals surface area contributed by atoms with Crippen LogP contribution in [-0.4, -0.2) is 37.1 Å². The highest BCUT2D eigenvalue weighted by Gasteiger charge is 2.32. The van der Waals surface area contributed by atoms with Crippen molar-refractivity contribution in [3.8, 4) is 11.4 Å². The molecular formula is C19H19F4N5O2. The van der Waals surface area contributed by atoms with Crippen LogP contribution in [-0.2, 0) is 11.0 Å². The van der Waals surface area contributed by atoms with Gasteiger partial charge in [0, 0.05) is 29.4 Å². The number of alkyl halides is 3. The van der Waals surface area contributed by atoms with E-state index in [0.29, 0.717) is 6.20 Å². The minimum Gasteiger partial charge on any atom is -0.481 e. The number of carboxylic acid groups (broad SMARTS) is 1. The predicted molar refractivity (Wildman–Crippen MR) is 101 cm³/mol. The molecule has 3 N–H and O–H groups in total. The van der Waals surface area contributed by atoms with Crippen LogP contribution in [0.2, 0.25) is 0 Å². The quantitative estimate of drug-likeness (QED) is 0.521. The van der Waals surface area contributed by atoms with Gasteiger partial charge >= 0.3 is 12.1 Å². The molecule has 1 atom stereocenters. The number of H-pyrrole nitrogens is 1. The number of hydrogen-bond donors (Lipinski definition) is 3. The summed E-state index contributed by atoms with van der Waals surface area (Å²) in [7, 11) is 0. The Labute approximate surface area is 168 Å². The third-order valence-corrected chi connectivity index (χ3v) is 4.58. The molecular weight excluding hydrogens is 406 g/mol. The number of aromatic nitrogens is 4. The molecule has 3 aromatic heterocycles. The van der Waals surface area contributed by atoms with E-state index in [0.717, 1.165) is 12.3 Å². The maximum atomic E-state index is 14.3. The molecule has 0 saturated heterocycles. The second-order valence-electron chi connectivity index (χ2n) is 7.87. The molecule has 0 radical (unpaired) electrons. The van der Waals surface area contributed by atoms with E-state index in [9.17, 15) is 22.4 Å². The number of nitrogens with one attached hydrogen (secondary N) is 2. The van der Waals surface area contributed by atoms with Gasteiger partial charge in [-0.05, 0) is 11.5 Å². The highest BCUT2D eigenvalue weighted by Crippen LogP contribution is 2.34. The van der Waals surface area contributed by atoms with E-state index >= 15 is 0 Å². The maximum absolute atomic E-state index is 14.3. The minimum absolute atomic E-state index is 0.0331.